The first-order valence-electron chi connectivity index (χ1n) is 11.9. The first-order chi connectivity index (χ1) is 22.1. The number of hydrogen-bond acceptors (Lipinski definition) is 6. The van der Waals surface area contributed by atoms with Gasteiger partial charge in [0.05, 0.1) is 33.4 Å². The third-order valence-electron chi connectivity index (χ3n) is 6.59. The highest BCUT2D eigenvalue weighted by molar-refractivity contribution is 6.12. The van der Waals surface area contributed by atoms with Gasteiger partial charge < -0.3 is 5.21 Å². The molecule has 0 atom stereocenters. The maximum absolute atomic E-state index is 15.1. The minimum absolute atomic E-state index is 0.274. The highest BCUT2D eigenvalue weighted by Gasteiger charge is 2.45. The SMILES string of the molecule is C=[N+]([O-])c1cc(F)c(C(C#N)=C2C(=C(C#N)c3c(F)c(F)c(C#N)c(F)c3F)C2=C(C#N)c2c(F)c(F)c(C#N)c(F)c2F)c(F)c1. The Bertz CT molecular complexity index is 2140. The van der Waals surface area contributed by atoms with E-state index in [1.165, 1.54) is 6.07 Å². The predicted octanol–water partition coefficient (Wildman–Crippen LogP) is 6.91. The molecule has 1 fully saturated rings. The van der Waals surface area contributed by atoms with Gasteiger partial charge in [-0.2, -0.15) is 31.0 Å². The van der Waals surface area contributed by atoms with E-state index in [1.807, 2.05) is 0 Å². The standard InChI is InChI=1S/C30H4F10N6O/c1-46(47)9-2-15(31)17(16(32)3-9)10(4-41)18-19(11(5-42)21-27(37)23(33)13(7-44)24(34)28(21)38)20(18)12(6-43)22-29(39)25(35)14(8-45)26(36)30(22)40/h2-3H,1H2. The number of nitriles is 5. The van der Waals surface area contributed by atoms with E-state index in [-0.39, 0.29) is 4.74 Å². The van der Waals surface area contributed by atoms with Gasteiger partial charge in [0.25, 0.3) is 0 Å². The van der Waals surface area contributed by atoms with Crippen LogP contribution in [0.4, 0.5) is 49.6 Å². The van der Waals surface area contributed by atoms with Crippen molar-refractivity contribution >= 4 is 29.1 Å². The molecule has 3 aromatic rings. The van der Waals surface area contributed by atoms with E-state index in [1.54, 1.807) is 0 Å². The Balaban J connectivity index is 2.33. The monoisotopic (exact) mass is 654 g/mol. The Morgan fingerprint density at radius 1 is 0.511 bits per heavy atom. The second kappa shape index (κ2) is 11.9. The van der Waals surface area contributed by atoms with Gasteiger partial charge in [0, 0.05) is 28.9 Å². The molecule has 0 unspecified atom stereocenters. The largest absolute Gasteiger partial charge is 0.619 e. The summed E-state index contributed by atoms with van der Waals surface area (Å²) in [6, 6.07) is 5.64. The number of benzene rings is 3. The smallest absolute Gasteiger partial charge is 0.221 e. The van der Waals surface area contributed by atoms with E-state index >= 15 is 26.3 Å². The normalized spacial score (nSPS) is 13.9. The fraction of sp³-hybridized carbons (Fsp3) is 0. The summed E-state index contributed by atoms with van der Waals surface area (Å²) >= 11 is 0. The lowest BCUT2D eigenvalue weighted by Crippen LogP contribution is -2.06. The molecule has 0 aromatic heterocycles. The van der Waals surface area contributed by atoms with Crippen LogP contribution in [-0.2, 0) is 0 Å². The number of rotatable bonds is 4. The van der Waals surface area contributed by atoms with Gasteiger partial charge in [-0.3, -0.25) is 0 Å². The summed E-state index contributed by atoms with van der Waals surface area (Å²) in [4.78, 5) is 0. The summed E-state index contributed by atoms with van der Waals surface area (Å²) in [5.41, 5.74) is -17.8. The highest BCUT2D eigenvalue weighted by Crippen LogP contribution is 2.57. The van der Waals surface area contributed by atoms with Gasteiger partial charge in [0.2, 0.25) is 5.69 Å². The van der Waals surface area contributed by atoms with Gasteiger partial charge in [-0.15, -0.1) is 0 Å². The van der Waals surface area contributed by atoms with Crippen molar-refractivity contribution in [1.82, 2.24) is 0 Å². The van der Waals surface area contributed by atoms with Gasteiger partial charge in [0.15, 0.2) is 46.5 Å². The van der Waals surface area contributed by atoms with E-state index in [2.05, 4.69) is 6.72 Å². The van der Waals surface area contributed by atoms with Crippen LogP contribution >= 0.6 is 0 Å². The molecule has 0 aliphatic heterocycles. The summed E-state index contributed by atoms with van der Waals surface area (Å²) in [7, 11) is 0. The molecule has 47 heavy (non-hydrogen) atoms. The lowest BCUT2D eigenvalue weighted by molar-refractivity contribution is -0.350. The van der Waals surface area contributed by atoms with E-state index in [9.17, 15) is 38.6 Å². The van der Waals surface area contributed by atoms with Crippen molar-refractivity contribution in [2.45, 2.75) is 0 Å². The Morgan fingerprint density at radius 3 is 1.02 bits per heavy atom. The Morgan fingerprint density at radius 2 is 0.787 bits per heavy atom. The van der Waals surface area contributed by atoms with Gasteiger partial charge >= 0.3 is 0 Å². The third-order valence-corrected chi connectivity index (χ3v) is 6.59. The molecule has 7 nitrogen and oxygen atoms in total. The second-order valence-corrected chi connectivity index (χ2v) is 8.98. The molecular formula is C30H4F10N6O. The van der Waals surface area contributed by atoms with Gasteiger partial charge in [0.1, 0.15) is 59.8 Å². The molecule has 17 heteroatoms. The maximum Gasteiger partial charge on any atom is 0.221 e. The minimum atomic E-state index is -2.42. The first-order valence-corrected chi connectivity index (χ1v) is 11.9. The van der Waals surface area contributed by atoms with Crippen LogP contribution in [0.2, 0.25) is 0 Å². The number of allylic oxidation sites excluding steroid dienone is 6. The van der Waals surface area contributed by atoms with Crippen LogP contribution in [0.15, 0.2) is 28.9 Å². The molecule has 4 rings (SSSR count). The summed E-state index contributed by atoms with van der Waals surface area (Å²) in [6.45, 7) is 2.85. The molecule has 1 aliphatic rings. The predicted molar refractivity (Wildman–Crippen MR) is 136 cm³/mol. The van der Waals surface area contributed by atoms with Crippen molar-refractivity contribution < 1.29 is 48.6 Å². The van der Waals surface area contributed by atoms with Crippen molar-refractivity contribution in [3.63, 3.8) is 0 Å². The molecule has 0 bridgehead atoms. The third kappa shape index (κ3) is 4.87. The quantitative estimate of drug-likeness (QED) is 0.0569. The molecular weight excluding hydrogens is 650 g/mol. The van der Waals surface area contributed by atoms with Gasteiger partial charge in [-0.1, -0.05) is 0 Å². The molecule has 0 amide bonds. The maximum atomic E-state index is 15.1. The van der Waals surface area contributed by atoms with E-state index in [0.29, 0.717) is 12.1 Å². The van der Waals surface area contributed by atoms with E-state index in [0.717, 1.165) is 24.3 Å². The molecule has 0 spiro atoms. The first kappa shape index (κ1) is 33.0. The van der Waals surface area contributed by atoms with Crippen molar-refractivity contribution in [3.8, 4) is 30.3 Å². The zero-order chi connectivity index (χ0) is 35.2. The number of nitrogens with zero attached hydrogens (tertiary/aromatic N) is 6. The fourth-order valence-electron chi connectivity index (χ4n) is 4.49. The van der Waals surface area contributed by atoms with Crippen LogP contribution in [0.3, 0.4) is 0 Å². The summed E-state index contributed by atoms with van der Waals surface area (Å²) in [5.74, 6) is -22.6. The van der Waals surface area contributed by atoms with Gasteiger partial charge in [-0.25, -0.2) is 43.9 Å². The fourth-order valence-corrected chi connectivity index (χ4v) is 4.49. The molecule has 0 saturated heterocycles. The molecule has 0 N–H and O–H groups in total. The summed E-state index contributed by atoms with van der Waals surface area (Å²) < 4.78 is 148. The van der Waals surface area contributed by atoms with Crippen LogP contribution < -0.4 is 0 Å². The lowest BCUT2D eigenvalue weighted by Gasteiger charge is -2.08. The molecule has 0 radical (unpaired) electrons. The van der Waals surface area contributed by atoms with Crippen LogP contribution in [0.1, 0.15) is 27.8 Å². The minimum Gasteiger partial charge on any atom is -0.619 e. The average molecular weight is 654 g/mol. The summed E-state index contributed by atoms with van der Waals surface area (Å²) in [5, 5.41) is 58.8. The summed E-state index contributed by atoms with van der Waals surface area (Å²) in [6.07, 6.45) is 0. The van der Waals surface area contributed by atoms with Crippen LogP contribution in [0.5, 0.6) is 0 Å². The van der Waals surface area contributed by atoms with Crippen molar-refractivity contribution in [1.29, 1.82) is 26.3 Å². The molecule has 230 valence electrons. The van der Waals surface area contributed by atoms with Crippen molar-refractivity contribution in [2.75, 3.05) is 0 Å². The topological polar surface area (TPSA) is 145 Å². The second-order valence-electron chi connectivity index (χ2n) is 8.98. The van der Waals surface area contributed by atoms with Gasteiger partial charge in [-0.05, 0) is 0 Å². The van der Waals surface area contributed by atoms with Crippen LogP contribution in [0, 0.1) is 120 Å². The number of halogens is 10. The lowest BCUT2D eigenvalue weighted by atomic mass is 9.99. The van der Waals surface area contributed by atoms with Crippen molar-refractivity contribution in [2.24, 2.45) is 0 Å². The van der Waals surface area contributed by atoms with E-state index in [4.69, 9.17) is 10.5 Å². The molecule has 3 aromatic carbocycles. The Hall–Kier alpha value is -6.90. The number of hydrogen-bond donors (Lipinski definition) is 0. The van der Waals surface area contributed by atoms with Crippen molar-refractivity contribution in [3.05, 3.63) is 120 Å². The molecule has 1 saturated carbocycles. The molecule has 1 aliphatic carbocycles. The van der Waals surface area contributed by atoms with Crippen LogP contribution in [-0.4, -0.2) is 11.5 Å². The molecule has 0 heterocycles. The Kier molecular flexibility index (Phi) is 8.35. The zero-order valence-electron chi connectivity index (χ0n) is 22.2. The highest BCUT2D eigenvalue weighted by atomic mass is 19.2. The van der Waals surface area contributed by atoms with Crippen LogP contribution in [0.25, 0.3) is 16.7 Å². The Labute approximate surface area is 254 Å². The zero-order valence-corrected chi connectivity index (χ0v) is 22.2. The average Bonchev–Trinajstić information content (AvgIpc) is 3.75. The van der Waals surface area contributed by atoms with E-state index < -0.39 is 125 Å².